The van der Waals surface area contributed by atoms with Gasteiger partial charge < -0.3 is 5.32 Å². The minimum absolute atomic E-state index is 0.00611. The van der Waals surface area contributed by atoms with Crippen LogP contribution in [0.4, 0.5) is 0 Å². The van der Waals surface area contributed by atoms with Crippen LogP contribution in [-0.2, 0) is 23.3 Å². The summed E-state index contributed by atoms with van der Waals surface area (Å²) in [5.74, 6) is 0. The Kier molecular flexibility index (Phi) is 4.20. The molecule has 1 aromatic carbocycles. The van der Waals surface area contributed by atoms with Gasteiger partial charge in [0.05, 0.1) is 10.6 Å². The molecule has 0 aliphatic carbocycles. The third-order valence-corrected chi connectivity index (χ3v) is 4.21. The van der Waals surface area contributed by atoms with Crippen molar-refractivity contribution < 1.29 is 8.42 Å². The molecule has 0 bridgehead atoms. The molecule has 0 radical (unpaired) electrons. The van der Waals surface area contributed by atoms with Gasteiger partial charge in [0.15, 0.2) is 9.84 Å². The standard InChI is InChI=1S/C13H18N4O2S/c1-14-13(8-11-9-17(2)16-15-11)10-5-4-6-12(7-10)20(3,18)19/h4-7,9,13-14H,8H2,1-3H3. The Morgan fingerprint density at radius 2 is 2.15 bits per heavy atom. The summed E-state index contributed by atoms with van der Waals surface area (Å²) >= 11 is 0. The molecule has 0 saturated carbocycles. The fraction of sp³-hybridized carbons (Fsp3) is 0.385. The Balaban J connectivity index is 2.28. The number of hydrogen-bond acceptors (Lipinski definition) is 5. The molecule has 0 saturated heterocycles. The van der Waals surface area contributed by atoms with Crippen LogP contribution in [-0.4, -0.2) is 36.7 Å². The summed E-state index contributed by atoms with van der Waals surface area (Å²) in [4.78, 5) is 0.328. The van der Waals surface area contributed by atoms with Gasteiger partial charge in [-0.25, -0.2) is 8.42 Å². The molecule has 1 N–H and O–H groups in total. The Bertz CT molecular complexity index is 694. The number of rotatable bonds is 5. The molecule has 0 amide bonds. The molecule has 1 atom stereocenters. The number of aromatic nitrogens is 3. The van der Waals surface area contributed by atoms with E-state index >= 15 is 0 Å². The topological polar surface area (TPSA) is 76.9 Å². The number of nitrogens with zero attached hydrogens (tertiary/aromatic N) is 3. The van der Waals surface area contributed by atoms with Crippen molar-refractivity contribution in [3.8, 4) is 0 Å². The number of sulfone groups is 1. The zero-order valence-electron chi connectivity index (χ0n) is 11.7. The molecule has 20 heavy (non-hydrogen) atoms. The normalized spacial score (nSPS) is 13.3. The summed E-state index contributed by atoms with van der Waals surface area (Å²) in [7, 11) is 0.460. The zero-order valence-corrected chi connectivity index (χ0v) is 12.6. The quantitative estimate of drug-likeness (QED) is 0.879. The van der Waals surface area contributed by atoms with Gasteiger partial charge in [-0.1, -0.05) is 17.3 Å². The number of nitrogens with one attached hydrogen (secondary N) is 1. The highest BCUT2D eigenvalue weighted by Crippen LogP contribution is 2.20. The molecule has 7 heteroatoms. The molecule has 0 spiro atoms. The first kappa shape index (κ1) is 14.7. The van der Waals surface area contributed by atoms with Gasteiger partial charge in [-0.05, 0) is 24.7 Å². The summed E-state index contributed by atoms with van der Waals surface area (Å²) in [5.41, 5.74) is 1.78. The number of likely N-dealkylation sites (N-methyl/N-ethyl adjacent to an activating group) is 1. The van der Waals surface area contributed by atoms with E-state index in [1.165, 1.54) is 6.26 Å². The summed E-state index contributed by atoms with van der Waals surface area (Å²) in [6.45, 7) is 0. The van der Waals surface area contributed by atoms with Crippen LogP contribution in [0.15, 0.2) is 35.4 Å². The SMILES string of the molecule is CNC(Cc1cn(C)nn1)c1cccc(S(C)(=O)=O)c1. The fourth-order valence-electron chi connectivity index (χ4n) is 2.05. The second kappa shape index (κ2) is 5.72. The zero-order chi connectivity index (χ0) is 14.8. The van der Waals surface area contributed by atoms with Gasteiger partial charge in [-0.2, -0.15) is 0 Å². The maximum atomic E-state index is 11.6. The van der Waals surface area contributed by atoms with Crippen LogP contribution in [0.5, 0.6) is 0 Å². The highest BCUT2D eigenvalue weighted by Gasteiger charge is 2.15. The Hall–Kier alpha value is -1.73. The van der Waals surface area contributed by atoms with Gasteiger partial charge in [0, 0.05) is 32.0 Å². The minimum Gasteiger partial charge on any atom is -0.313 e. The second-order valence-corrected chi connectivity index (χ2v) is 6.79. The molecule has 2 rings (SSSR count). The molecule has 0 fully saturated rings. The van der Waals surface area contributed by atoms with Gasteiger partial charge in [-0.3, -0.25) is 4.68 Å². The summed E-state index contributed by atoms with van der Waals surface area (Å²) in [6.07, 6.45) is 3.71. The first-order valence-electron chi connectivity index (χ1n) is 6.22. The molecule has 1 heterocycles. The maximum absolute atomic E-state index is 11.6. The van der Waals surface area contributed by atoms with Gasteiger partial charge in [0.1, 0.15) is 0 Å². The van der Waals surface area contributed by atoms with E-state index in [1.807, 2.05) is 26.4 Å². The second-order valence-electron chi connectivity index (χ2n) is 4.77. The molecule has 2 aromatic rings. The molecule has 108 valence electrons. The Morgan fingerprint density at radius 1 is 1.40 bits per heavy atom. The average molecular weight is 294 g/mol. The van der Waals surface area contributed by atoms with E-state index in [9.17, 15) is 8.42 Å². The largest absolute Gasteiger partial charge is 0.313 e. The summed E-state index contributed by atoms with van der Waals surface area (Å²) in [5, 5.41) is 11.1. The summed E-state index contributed by atoms with van der Waals surface area (Å²) in [6, 6.07) is 6.97. The Morgan fingerprint density at radius 3 is 2.70 bits per heavy atom. The third-order valence-electron chi connectivity index (χ3n) is 3.10. The van der Waals surface area contributed by atoms with Crippen molar-refractivity contribution in [2.24, 2.45) is 7.05 Å². The van der Waals surface area contributed by atoms with Crippen LogP contribution in [0, 0.1) is 0 Å². The number of hydrogen-bond donors (Lipinski definition) is 1. The predicted molar refractivity (Wildman–Crippen MR) is 76.1 cm³/mol. The van der Waals surface area contributed by atoms with E-state index in [4.69, 9.17) is 0 Å². The van der Waals surface area contributed by atoms with Crippen molar-refractivity contribution in [3.63, 3.8) is 0 Å². The predicted octanol–water partition coefficient (Wildman–Crippen LogP) is 0.722. The van der Waals surface area contributed by atoms with Crippen molar-refractivity contribution >= 4 is 9.84 Å². The lowest BCUT2D eigenvalue weighted by Gasteiger charge is -2.16. The van der Waals surface area contributed by atoms with Gasteiger partial charge in [-0.15, -0.1) is 5.10 Å². The van der Waals surface area contributed by atoms with E-state index in [-0.39, 0.29) is 6.04 Å². The molecular weight excluding hydrogens is 276 g/mol. The van der Waals surface area contributed by atoms with Crippen molar-refractivity contribution in [3.05, 3.63) is 41.7 Å². The average Bonchev–Trinajstić information content (AvgIpc) is 2.81. The lowest BCUT2D eigenvalue weighted by molar-refractivity contribution is 0.580. The van der Waals surface area contributed by atoms with Crippen molar-refractivity contribution in [1.29, 1.82) is 0 Å². The monoisotopic (exact) mass is 294 g/mol. The van der Waals surface area contributed by atoms with Gasteiger partial charge >= 0.3 is 0 Å². The molecule has 0 aliphatic heterocycles. The highest BCUT2D eigenvalue weighted by atomic mass is 32.2. The van der Waals surface area contributed by atoms with Crippen molar-refractivity contribution in [2.45, 2.75) is 17.4 Å². The number of aryl methyl sites for hydroxylation is 1. The van der Waals surface area contributed by atoms with Gasteiger partial charge in [0.2, 0.25) is 0 Å². The van der Waals surface area contributed by atoms with E-state index in [0.717, 1.165) is 11.3 Å². The van der Waals surface area contributed by atoms with Crippen LogP contribution < -0.4 is 5.32 Å². The Labute approximate surface area is 118 Å². The first-order valence-corrected chi connectivity index (χ1v) is 8.12. The maximum Gasteiger partial charge on any atom is 0.175 e. The minimum atomic E-state index is -3.20. The van der Waals surface area contributed by atoms with E-state index in [1.54, 1.807) is 22.9 Å². The van der Waals surface area contributed by atoms with Crippen molar-refractivity contribution in [1.82, 2.24) is 20.3 Å². The molecule has 1 unspecified atom stereocenters. The van der Waals surface area contributed by atoms with Crippen LogP contribution in [0.3, 0.4) is 0 Å². The molecular formula is C13H18N4O2S. The van der Waals surface area contributed by atoms with Gasteiger partial charge in [0.25, 0.3) is 0 Å². The van der Waals surface area contributed by atoms with E-state index < -0.39 is 9.84 Å². The lowest BCUT2D eigenvalue weighted by atomic mass is 10.0. The van der Waals surface area contributed by atoms with Crippen LogP contribution >= 0.6 is 0 Å². The number of benzene rings is 1. The smallest absolute Gasteiger partial charge is 0.175 e. The van der Waals surface area contributed by atoms with E-state index in [2.05, 4.69) is 15.6 Å². The van der Waals surface area contributed by atoms with E-state index in [0.29, 0.717) is 11.3 Å². The molecule has 0 aliphatic rings. The van der Waals surface area contributed by atoms with Crippen molar-refractivity contribution in [2.75, 3.05) is 13.3 Å². The highest BCUT2D eigenvalue weighted by molar-refractivity contribution is 7.90. The fourth-order valence-corrected chi connectivity index (χ4v) is 2.72. The van der Waals surface area contributed by atoms with Crippen LogP contribution in [0.2, 0.25) is 0 Å². The molecule has 6 nitrogen and oxygen atoms in total. The van der Waals surface area contributed by atoms with Crippen LogP contribution in [0.1, 0.15) is 17.3 Å². The lowest BCUT2D eigenvalue weighted by Crippen LogP contribution is -2.19. The first-order chi connectivity index (χ1) is 9.40. The van der Waals surface area contributed by atoms with Crippen LogP contribution in [0.25, 0.3) is 0 Å². The summed E-state index contributed by atoms with van der Waals surface area (Å²) < 4.78 is 24.9. The third kappa shape index (κ3) is 3.43. The molecule has 1 aromatic heterocycles.